The highest BCUT2D eigenvalue weighted by Crippen LogP contribution is 2.41. The number of amides is 1. The maximum Gasteiger partial charge on any atom is 0.254 e. The fourth-order valence-electron chi connectivity index (χ4n) is 4.90. The minimum atomic E-state index is -0.229. The normalized spacial score (nSPS) is 22.6. The number of rotatable bonds is 4. The highest BCUT2D eigenvalue weighted by Gasteiger charge is 2.38. The average Bonchev–Trinajstić information content (AvgIpc) is 2.71. The Morgan fingerprint density at radius 1 is 1.20 bits per heavy atom. The zero-order chi connectivity index (χ0) is 21.3. The summed E-state index contributed by atoms with van der Waals surface area (Å²) in [7, 11) is 0. The third kappa shape index (κ3) is 4.43. The molecule has 1 aliphatic carbocycles. The van der Waals surface area contributed by atoms with Gasteiger partial charge in [-0.25, -0.2) is 0 Å². The van der Waals surface area contributed by atoms with Crippen molar-refractivity contribution >= 4 is 40.6 Å². The lowest BCUT2D eigenvalue weighted by Crippen LogP contribution is -2.38. The molecule has 0 aromatic heterocycles. The van der Waals surface area contributed by atoms with Gasteiger partial charge in [-0.15, -0.1) is 0 Å². The van der Waals surface area contributed by atoms with E-state index in [1.165, 1.54) is 0 Å². The number of anilines is 1. The highest BCUT2D eigenvalue weighted by atomic mass is 35.5. The van der Waals surface area contributed by atoms with Crippen molar-refractivity contribution in [3.63, 3.8) is 0 Å². The minimum Gasteiger partial charge on any atom is -0.362 e. The zero-order valence-electron chi connectivity index (χ0n) is 17.1. The fourth-order valence-corrected chi connectivity index (χ4v) is 5.23. The second-order valence-corrected chi connectivity index (χ2v) is 9.24. The van der Waals surface area contributed by atoms with E-state index in [9.17, 15) is 9.59 Å². The fraction of sp³-hybridized carbons (Fsp3) is 0.478. The van der Waals surface area contributed by atoms with Gasteiger partial charge in [0.15, 0.2) is 5.78 Å². The molecule has 1 unspecified atom stereocenters. The van der Waals surface area contributed by atoms with Gasteiger partial charge in [-0.2, -0.15) is 0 Å². The van der Waals surface area contributed by atoms with Crippen molar-refractivity contribution in [2.24, 2.45) is 11.8 Å². The molecule has 160 valence electrons. The first-order valence-electron chi connectivity index (χ1n) is 10.6. The van der Waals surface area contributed by atoms with Crippen molar-refractivity contribution in [1.82, 2.24) is 10.6 Å². The number of carbonyl (C=O) groups is 2. The van der Waals surface area contributed by atoms with E-state index in [1.54, 1.807) is 18.2 Å². The number of allylic oxidation sites excluding steroid dienone is 3. The van der Waals surface area contributed by atoms with Gasteiger partial charge in [0, 0.05) is 39.9 Å². The number of hydrogen-bond donors (Lipinski definition) is 3. The average molecular weight is 448 g/mol. The summed E-state index contributed by atoms with van der Waals surface area (Å²) in [5, 5.41) is 10.6. The predicted molar refractivity (Wildman–Crippen MR) is 121 cm³/mol. The van der Waals surface area contributed by atoms with E-state index in [0.29, 0.717) is 33.6 Å². The zero-order valence-corrected chi connectivity index (χ0v) is 18.6. The smallest absolute Gasteiger partial charge is 0.254 e. The largest absolute Gasteiger partial charge is 0.362 e. The molecule has 4 rings (SSSR count). The number of carbonyl (C=O) groups excluding carboxylic acids is 2. The van der Waals surface area contributed by atoms with Gasteiger partial charge in [-0.1, -0.05) is 23.2 Å². The molecule has 2 heterocycles. The van der Waals surface area contributed by atoms with Crippen LogP contribution in [0.25, 0.3) is 0 Å². The molecule has 1 aromatic rings. The Morgan fingerprint density at radius 2 is 1.97 bits per heavy atom. The molecule has 1 atom stereocenters. The van der Waals surface area contributed by atoms with Crippen LogP contribution in [0, 0.1) is 11.8 Å². The number of nitrogens with one attached hydrogen (secondary N) is 3. The molecule has 3 aliphatic rings. The molecule has 30 heavy (non-hydrogen) atoms. The quantitative estimate of drug-likeness (QED) is 0.618. The number of hydrogen-bond acceptors (Lipinski definition) is 4. The number of dihydropyridines is 1. The molecular formula is C23H27Cl2N3O2. The van der Waals surface area contributed by atoms with E-state index in [4.69, 9.17) is 23.2 Å². The first-order valence-corrected chi connectivity index (χ1v) is 11.4. The molecule has 3 N–H and O–H groups in total. The summed E-state index contributed by atoms with van der Waals surface area (Å²) in [5.41, 5.74) is 3.74. The summed E-state index contributed by atoms with van der Waals surface area (Å²) in [6, 6.07) is 4.99. The van der Waals surface area contributed by atoms with E-state index in [1.807, 2.05) is 6.92 Å². The van der Waals surface area contributed by atoms with Gasteiger partial charge in [0.05, 0.1) is 10.7 Å². The van der Waals surface area contributed by atoms with E-state index in [0.717, 1.165) is 62.2 Å². The van der Waals surface area contributed by atoms with E-state index < -0.39 is 0 Å². The van der Waals surface area contributed by atoms with Crippen LogP contribution in [0.4, 0.5) is 5.69 Å². The molecule has 0 spiro atoms. The topological polar surface area (TPSA) is 70.2 Å². The third-order valence-electron chi connectivity index (χ3n) is 6.34. The second kappa shape index (κ2) is 9.13. The van der Waals surface area contributed by atoms with Crippen molar-refractivity contribution in [3.8, 4) is 0 Å². The number of halogens is 2. The lowest BCUT2D eigenvalue weighted by Gasteiger charge is -2.36. The number of Topliss-reactive ketones (excluding diaryl/α,β-unsaturated/α-hetero) is 1. The Morgan fingerprint density at radius 3 is 2.73 bits per heavy atom. The van der Waals surface area contributed by atoms with Gasteiger partial charge in [-0.05, 0) is 76.2 Å². The molecule has 2 aliphatic heterocycles. The van der Waals surface area contributed by atoms with Crippen LogP contribution in [0.3, 0.4) is 0 Å². The van der Waals surface area contributed by atoms with Gasteiger partial charge in [0.25, 0.3) is 5.91 Å². The van der Waals surface area contributed by atoms with Crippen LogP contribution >= 0.6 is 23.2 Å². The van der Waals surface area contributed by atoms with Crippen LogP contribution < -0.4 is 16.0 Å². The minimum absolute atomic E-state index is 0.168. The van der Waals surface area contributed by atoms with Crippen LogP contribution in [-0.4, -0.2) is 24.8 Å². The van der Waals surface area contributed by atoms with Crippen LogP contribution in [-0.2, 0) is 9.59 Å². The highest BCUT2D eigenvalue weighted by molar-refractivity contribution is 6.36. The summed E-state index contributed by atoms with van der Waals surface area (Å²) in [6.45, 7) is 3.89. The molecule has 1 fully saturated rings. The van der Waals surface area contributed by atoms with E-state index >= 15 is 0 Å². The number of benzene rings is 1. The van der Waals surface area contributed by atoms with Gasteiger partial charge in [0.1, 0.15) is 0 Å². The molecule has 0 saturated carbocycles. The van der Waals surface area contributed by atoms with Crippen molar-refractivity contribution < 1.29 is 9.59 Å². The molecule has 5 nitrogen and oxygen atoms in total. The third-order valence-corrected chi connectivity index (χ3v) is 6.91. The van der Waals surface area contributed by atoms with Crippen molar-refractivity contribution in [2.75, 3.05) is 18.4 Å². The van der Waals surface area contributed by atoms with Gasteiger partial charge in [0.2, 0.25) is 0 Å². The first kappa shape index (κ1) is 21.4. The van der Waals surface area contributed by atoms with E-state index in [2.05, 4.69) is 16.0 Å². The summed E-state index contributed by atoms with van der Waals surface area (Å²) in [5.74, 6) is 0.243. The van der Waals surface area contributed by atoms with Crippen molar-refractivity contribution in [3.05, 3.63) is 50.8 Å². The molecule has 1 aromatic carbocycles. The predicted octanol–water partition coefficient (Wildman–Crippen LogP) is 4.82. The van der Waals surface area contributed by atoms with E-state index in [-0.39, 0.29) is 17.6 Å². The summed E-state index contributed by atoms with van der Waals surface area (Å²) in [4.78, 5) is 26.3. The van der Waals surface area contributed by atoms with Gasteiger partial charge >= 0.3 is 0 Å². The maximum atomic E-state index is 13.4. The molecule has 0 bridgehead atoms. The number of piperidine rings is 1. The molecule has 1 saturated heterocycles. The SMILES string of the molecule is CC1=C(C(=O)Nc2cc(Cl)ccc2Cl)C(CC2CCNCC2)C2=C(CCCC2=O)N1. The molecule has 0 radical (unpaired) electrons. The van der Waals surface area contributed by atoms with Gasteiger partial charge < -0.3 is 16.0 Å². The standard InChI is InChI=1S/C23H27Cl2N3O2/c1-13-21(23(30)28-19-12-15(24)5-6-17(19)25)16(11-14-7-9-26-10-8-14)22-18(27-13)3-2-4-20(22)29/h5-6,12,14,16,26-27H,2-4,7-11H2,1H3,(H,28,30). The van der Waals surface area contributed by atoms with Crippen LogP contribution in [0.5, 0.6) is 0 Å². The lowest BCUT2D eigenvalue weighted by molar-refractivity contribution is -0.116. The Bertz CT molecular complexity index is 932. The number of ketones is 1. The monoisotopic (exact) mass is 447 g/mol. The lowest BCUT2D eigenvalue weighted by atomic mass is 9.73. The maximum absolute atomic E-state index is 13.4. The molecular weight excluding hydrogens is 421 g/mol. The Labute approximate surface area is 187 Å². The Hall–Kier alpha value is -1.82. The Kier molecular flexibility index (Phi) is 6.51. The van der Waals surface area contributed by atoms with Crippen molar-refractivity contribution in [2.45, 2.75) is 45.4 Å². The summed E-state index contributed by atoms with van der Waals surface area (Å²) < 4.78 is 0. The molecule has 1 amide bonds. The van der Waals surface area contributed by atoms with Crippen LogP contribution in [0.15, 0.2) is 40.7 Å². The molecule has 7 heteroatoms. The van der Waals surface area contributed by atoms with Gasteiger partial charge in [-0.3, -0.25) is 9.59 Å². The first-order chi connectivity index (χ1) is 14.4. The Balaban J connectivity index is 1.66. The summed E-state index contributed by atoms with van der Waals surface area (Å²) >= 11 is 12.4. The summed E-state index contributed by atoms with van der Waals surface area (Å²) in [6.07, 6.45) is 5.21. The van der Waals surface area contributed by atoms with Crippen LogP contribution in [0.1, 0.15) is 45.4 Å². The second-order valence-electron chi connectivity index (χ2n) is 8.39. The van der Waals surface area contributed by atoms with Crippen LogP contribution in [0.2, 0.25) is 10.0 Å². The van der Waals surface area contributed by atoms with Crippen molar-refractivity contribution in [1.29, 1.82) is 0 Å².